The lowest BCUT2D eigenvalue weighted by molar-refractivity contribution is 0.475. The monoisotopic (exact) mass is 174 g/mol. The van der Waals surface area contributed by atoms with Crippen LogP contribution >= 0.6 is 0 Å². The Labute approximate surface area is 76.1 Å². The minimum absolute atomic E-state index is 0.223. The zero-order valence-electron chi connectivity index (χ0n) is 7.28. The van der Waals surface area contributed by atoms with Gasteiger partial charge in [0, 0.05) is 5.39 Å². The fourth-order valence-electron chi connectivity index (χ4n) is 1.47. The van der Waals surface area contributed by atoms with E-state index in [1.165, 1.54) is 0 Å². The minimum atomic E-state index is 0.223. The van der Waals surface area contributed by atoms with Gasteiger partial charge in [0.2, 0.25) is 0 Å². The van der Waals surface area contributed by atoms with Gasteiger partial charge in [-0.2, -0.15) is 0 Å². The second-order valence-corrected chi connectivity index (χ2v) is 3.13. The minimum Gasteiger partial charge on any atom is -0.508 e. The third kappa shape index (κ3) is 1.20. The molecular weight excluding hydrogens is 164 g/mol. The molecule has 0 bridgehead atoms. The number of hydrogen-bond acceptors (Lipinski definition) is 2. The van der Waals surface area contributed by atoms with E-state index in [9.17, 15) is 10.2 Å². The van der Waals surface area contributed by atoms with Gasteiger partial charge in [-0.3, -0.25) is 0 Å². The Bertz CT molecular complexity index is 461. The summed E-state index contributed by atoms with van der Waals surface area (Å²) in [5.41, 5.74) is 1.05. The average molecular weight is 174 g/mol. The molecule has 0 heterocycles. The molecule has 0 unspecified atom stereocenters. The lowest BCUT2D eigenvalue weighted by Crippen LogP contribution is -1.78. The second kappa shape index (κ2) is 2.66. The van der Waals surface area contributed by atoms with E-state index in [2.05, 4.69) is 0 Å². The number of benzene rings is 2. The normalized spacial score (nSPS) is 10.5. The largest absolute Gasteiger partial charge is 0.508 e. The Morgan fingerprint density at radius 1 is 0.923 bits per heavy atom. The van der Waals surface area contributed by atoms with Crippen molar-refractivity contribution in [1.82, 2.24) is 0 Å². The van der Waals surface area contributed by atoms with Crippen molar-refractivity contribution in [3.8, 4) is 11.5 Å². The molecule has 0 aliphatic heterocycles. The van der Waals surface area contributed by atoms with E-state index in [1.807, 2.05) is 13.0 Å². The van der Waals surface area contributed by atoms with Crippen molar-refractivity contribution in [1.29, 1.82) is 0 Å². The van der Waals surface area contributed by atoms with E-state index in [1.54, 1.807) is 24.3 Å². The SMILES string of the molecule is Cc1ccc(O)c2ccc(O)cc12. The molecule has 2 rings (SSSR count). The third-order valence-electron chi connectivity index (χ3n) is 2.20. The number of hydrogen-bond donors (Lipinski definition) is 2. The van der Waals surface area contributed by atoms with Gasteiger partial charge < -0.3 is 10.2 Å². The zero-order chi connectivity index (χ0) is 9.42. The molecule has 66 valence electrons. The first-order chi connectivity index (χ1) is 6.18. The Kier molecular flexibility index (Phi) is 1.62. The molecule has 13 heavy (non-hydrogen) atoms. The molecule has 2 heteroatoms. The van der Waals surface area contributed by atoms with Crippen molar-refractivity contribution >= 4 is 10.8 Å². The van der Waals surface area contributed by atoms with Crippen LogP contribution in [0.5, 0.6) is 11.5 Å². The Morgan fingerprint density at radius 2 is 1.69 bits per heavy atom. The van der Waals surface area contributed by atoms with Crippen molar-refractivity contribution in [2.75, 3.05) is 0 Å². The van der Waals surface area contributed by atoms with Crippen LogP contribution in [-0.4, -0.2) is 10.2 Å². The topological polar surface area (TPSA) is 40.5 Å². The van der Waals surface area contributed by atoms with Crippen LogP contribution in [0.4, 0.5) is 0 Å². The molecule has 2 aromatic carbocycles. The number of aryl methyl sites for hydroxylation is 1. The van der Waals surface area contributed by atoms with E-state index in [4.69, 9.17) is 0 Å². The van der Waals surface area contributed by atoms with Crippen LogP contribution in [0.15, 0.2) is 30.3 Å². The molecule has 2 aromatic rings. The molecule has 2 nitrogen and oxygen atoms in total. The van der Waals surface area contributed by atoms with Crippen LogP contribution in [0.25, 0.3) is 10.8 Å². The van der Waals surface area contributed by atoms with Gasteiger partial charge in [0.05, 0.1) is 0 Å². The highest BCUT2D eigenvalue weighted by molar-refractivity contribution is 5.91. The first kappa shape index (κ1) is 7.92. The zero-order valence-corrected chi connectivity index (χ0v) is 7.28. The van der Waals surface area contributed by atoms with Crippen LogP contribution < -0.4 is 0 Å². The fraction of sp³-hybridized carbons (Fsp3) is 0.0909. The third-order valence-corrected chi connectivity index (χ3v) is 2.20. The summed E-state index contributed by atoms with van der Waals surface area (Å²) in [7, 11) is 0. The van der Waals surface area contributed by atoms with Gasteiger partial charge >= 0.3 is 0 Å². The van der Waals surface area contributed by atoms with Gasteiger partial charge in [-0.1, -0.05) is 6.07 Å². The van der Waals surface area contributed by atoms with E-state index in [0.717, 1.165) is 16.3 Å². The maximum atomic E-state index is 9.50. The van der Waals surface area contributed by atoms with Gasteiger partial charge in [-0.05, 0) is 42.1 Å². The molecule has 0 atom stereocenters. The van der Waals surface area contributed by atoms with Crippen LogP contribution in [0.1, 0.15) is 5.56 Å². The summed E-state index contributed by atoms with van der Waals surface area (Å²) in [6.45, 7) is 1.95. The molecule has 0 amide bonds. The number of rotatable bonds is 0. The second-order valence-electron chi connectivity index (χ2n) is 3.13. The van der Waals surface area contributed by atoms with Crippen LogP contribution in [0, 0.1) is 6.92 Å². The maximum absolute atomic E-state index is 9.50. The van der Waals surface area contributed by atoms with Gasteiger partial charge in [-0.25, -0.2) is 0 Å². The number of phenols is 2. The number of fused-ring (bicyclic) bond motifs is 1. The Morgan fingerprint density at radius 3 is 2.46 bits per heavy atom. The summed E-state index contributed by atoms with van der Waals surface area (Å²) in [5.74, 6) is 0.474. The van der Waals surface area contributed by atoms with Gasteiger partial charge in [0.25, 0.3) is 0 Å². The summed E-state index contributed by atoms with van der Waals surface area (Å²) in [6, 6.07) is 8.44. The van der Waals surface area contributed by atoms with Crippen molar-refractivity contribution in [3.05, 3.63) is 35.9 Å². The van der Waals surface area contributed by atoms with E-state index in [0.29, 0.717) is 0 Å². The predicted molar refractivity (Wildman–Crippen MR) is 52.0 cm³/mol. The van der Waals surface area contributed by atoms with Gasteiger partial charge in [0.15, 0.2) is 0 Å². The highest BCUT2D eigenvalue weighted by Crippen LogP contribution is 2.29. The average Bonchev–Trinajstić information content (AvgIpc) is 2.12. The molecule has 0 aliphatic rings. The Hall–Kier alpha value is -1.70. The number of phenolic OH excluding ortho intramolecular Hbond substituents is 2. The standard InChI is InChI=1S/C11H10O2/c1-7-2-5-11(13)9-4-3-8(12)6-10(7)9/h2-6,12-13H,1H3. The first-order valence-corrected chi connectivity index (χ1v) is 4.10. The van der Waals surface area contributed by atoms with Crippen LogP contribution in [-0.2, 0) is 0 Å². The fourth-order valence-corrected chi connectivity index (χ4v) is 1.47. The molecule has 0 fully saturated rings. The van der Waals surface area contributed by atoms with E-state index >= 15 is 0 Å². The van der Waals surface area contributed by atoms with Crippen LogP contribution in [0.2, 0.25) is 0 Å². The summed E-state index contributed by atoms with van der Waals surface area (Å²) in [5, 5.41) is 20.4. The molecule has 0 saturated carbocycles. The summed E-state index contributed by atoms with van der Waals surface area (Å²) in [6.07, 6.45) is 0. The smallest absolute Gasteiger partial charge is 0.123 e. The van der Waals surface area contributed by atoms with E-state index < -0.39 is 0 Å². The highest BCUT2D eigenvalue weighted by atomic mass is 16.3. The maximum Gasteiger partial charge on any atom is 0.123 e. The predicted octanol–water partition coefficient (Wildman–Crippen LogP) is 2.56. The van der Waals surface area contributed by atoms with Crippen molar-refractivity contribution < 1.29 is 10.2 Å². The molecule has 2 N–H and O–H groups in total. The Balaban J connectivity index is 2.92. The highest BCUT2D eigenvalue weighted by Gasteiger charge is 2.02. The van der Waals surface area contributed by atoms with Gasteiger partial charge in [0.1, 0.15) is 11.5 Å². The molecular formula is C11H10O2. The van der Waals surface area contributed by atoms with Crippen molar-refractivity contribution in [3.63, 3.8) is 0 Å². The van der Waals surface area contributed by atoms with Crippen LogP contribution in [0.3, 0.4) is 0 Å². The summed E-state index contributed by atoms with van der Waals surface area (Å²) in [4.78, 5) is 0. The molecule has 0 aromatic heterocycles. The lowest BCUT2D eigenvalue weighted by atomic mass is 10.0. The summed E-state index contributed by atoms with van der Waals surface area (Å²) < 4.78 is 0. The molecule has 0 spiro atoms. The molecule has 0 aliphatic carbocycles. The molecule has 0 radical (unpaired) electrons. The first-order valence-electron chi connectivity index (χ1n) is 4.10. The van der Waals surface area contributed by atoms with Crippen molar-refractivity contribution in [2.45, 2.75) is 6.92 Å². The van der Waals surface area contributed by atoms with Crippen molar-refractivity contribution in [2.24, 2.45) is 0 Å². The quantitative estimate of drug-likeness (QED) is 0.644. The lowest BCUT2D eigenvalue weighted by Gasteiger charge is -2.04. The van der Waals surface area contributed by atoms with Gasteiger partial charge in [-0.15, -0.1) is 0 Å². The molecule has 0 saturated heterocycles. The summed E-state index contributed by atoms with van der Waals surface area (Å²) >= 11 is 0. The number of aromatic hydroxyl groups is 2. The van der Waals surface area contributed by atoms with E-state index in [-0.39, 0.29) is 11.5 Å².